The summed E-state index contributed by atoms with van der Waals surface area (Å²) >= 11 is 6.39. The number of hydrogen-bond donors (Lipinski definition) is 1. The van der Waals surface area contributed by atoms with Crippen LogP contribution in [0.1, 0.15) is 5.56 Å². The van der Waals surface area contributed by atoms with Crippen LogP contribution in [0.15, 0.2) is 42.6 Å². The van der Waals surface area contributed by atoms with Crippen LogP contribution in [0, 0.1) is 5.82 Å². The van der Waals surface area contributed by atoms with Gasteiger partial charge in [0.15, 0.2) is 6.10 Å². The van der Waals surface area contributed by atoms with Gasteiger partial charge in [-0.2, -0.15) is 0 Å². The fourth-order valence-corrected chi connectivity index (χ4v) is 4.35. The Morgan fingerprint density at radius 2 is 2.00 bits per heavy atom. The van der Waals surface area contributed by atoms with E-state index in [1.54, 1.807) is 18.3 Å². The Morgan fingerprint density at radius 3 is 2.83 bits per heavy atom. The number of carbonyl (C=O) groups is 1. The summed E-state index contributed by atoms with van der Waals surface area (Å²) in [5.41, 5.74) is 3.11. The van der Waals surface area contributed by atoms with Gasteiger partial charge in [0.25, 0.3) is 5.91 Å². The summed E-state index contributed by atoms with van der Waals surface area (Å²) < 4.78 is 20.1. The van der Waals surface area contributed by atoms with Crippen molar-refractivity contribution in [3.05, 3.63) is 59.0 Å². The minimum atomic E-state index is -0.565. The van der Waals surface area contributed by atoms with E-state index < -0.39 is 6.10 Å². The Bertz CT molecular complexity index is 1110. The fraction of sp³-hybridized carbons (Fsp3) is 0.273. The lowest BCUT2D eigenvalue weighted by atomic mass is 9.97. The van der Waals surface area contributed by atoms with Crippen molar-refractivity contribution in [3.8, 4) is 16.9 Å². The Labute approximate surface area is 172 Å². The van der Waals surface area contributed by atoms with Crippen LogP contribution in [-0.4, -0.2) is 48.1 Å². The van der Waals surface area contributed by atoms with Crippen molar-refractivity contribution in [2.45, 2.75) is 12.5 Å². The van der Waals surface area contributed by atoms with E-state index in [0.717, 1.165) is 29.8 Å². The third-order valence-corrected chi connectivity index (χ3v) is 5.71. The van der Waals surface area contributed by atoms with Crippen molar-refractivity contribution in [3.63, 3.8) is 0 Å². The molecule has 1 aromatic heterocycles. The van der Waals surface area contributed by atoms with Gasteiger partial charge in [0.1, 0.15) is 11.6 Å². The maximum atomic E-state index is 13.9. The molecule has 0 bridgehead atoms. The van der Waals surface area contributed by atoms with Crippen LogP contribution in [0.25, 0.3) is 22.0 Å². The molecule has 0 aliphatic carbocycles. The summed E-state index contributed by atoms with van der Waals surface area (Å²) in [6, 6.07) is 9.97. The standard InChI is InChI=1S/C22H19ClFN3O2/c23-14-9-13-10-20(22(28)27-7-5-25-6-8-27)29-21(13)18(11-14)16-3-4-26-19-2-1-15(24)12-17(16)19/h1-4,9,11-12,20,25H,5-8,10H2/t20-/m0/s1. The second kappa shape index (κ2) is 7.28. The number of ether oxygens (including phenoxy) is 1. The lowest BCUT2D eigenvalue weighted by Crippen LogP contribution is -2.50. The number of nitrogens with zero attached hydrogens (tertiary/aromatic N) is 2. The first kappa shape index (κ1) is 18.3. The normalized spacial score (nSPS) is 18.6. The van der Waals surface area contributed by atoms with Crippen molar-refractivity contribution in [1.29, 1.82) is 0 Å². The maximum absolute atomic E-state index is 13.9. The number of pyridine rings is 1. The largest absolute Gasteiger partial charge is 0.479 e. The third kappa shape index (κ3) is 3.32. The maximum Gasteiger partial charge on any atom is 0.264 e. The van der Waals surface area contributed by atoms with Crippen molar-refractivity contribution in [2.24, 2.45) is 0 Å². The van der Waals surface area contributed by atoms with Crippen molar-refractivity contribution in [1.82, 2.24) is 15.2 Å². The number of nitrogens with one attached hydrogen (secondary N) is 1. The summed E-state index contributed by atoms with van der Waals surface area (Å²) in [7, 11) is 0. The smallest absolute Gasteiger partial charge is 0.264 e. The first-order valence-corrected chi connectivity index (χ1v) is 10.0. The van der Waals surface area contributed by atoms with Crippen LogP contribution in [-0.2, 0) is 11.2 Å². The predicted molar refractivity (Wildman–Crippen MR) is 110 cm³/mol. The molecular weight excluding hydrogens is 393 g/mol. The Balaban J connectivity index is 1.56. The lowest BCUT2D eigenvalue weighted by Gasteiger charge is -2.29. The first-order chi connectivity index (χ1) is 14.1. The number of aromatic nitrogens is 1. The summed E-state index contributed by atoms with van der Waals surface area (Å²) in [5, 5.41) is 4.48. The van der Waals surface area contributed by atoms with Gasteiger partial charge in [-0.1, -0.05) is 11.6 Å². The van der Waals surface area contributed by atoms with E-state index in [1.807, 2.05) is 17.0 Å². The number of carbonyl (C=O) groups excluding carboxylic acids is 1. The molecule has 148 valence electrons. The molecule has 2 aromatic carbocycles. The quantitative estimate of drug-likeness (QED) is 0.702. The molecule has 0 radical (unpaired) electrons. The molecule has 0 unspecified atom stereocenters. The minimum absolute atomic E-state index is 0.00426. The van der Waals surface area contributed by atoms with E-state index in [4.69, 9.17) is 16.3 Å². The van der Waals surface area contributed by atoms with Gasteiger partial charge in [0.2, 0.25) is 0 Å². The predicted octanol–water partition coefficient (Wildman–Crippen LogP) is 3.43. The number of rotatable bonds is 2. The molecule has 1 N–H and O–H groups in total. The monoisotopic (exact) mass is 411 g/mol. The number of amides is 1. The highest BCUT2D eigenvalue weighted by atomic mass is 35.5. The van der Waals surface area contributed by atoms with Gasteiger partial charge in [-0.15, -0.1) is 0 Å². The number of hydrogen-bond acceptors (Lipinski definition) is 4. The molecule has 1 amide bonds. The number of fused-ring (bicyclic) bond motifs is 2. The lowest BCUT2D eigenvalue weighted by molar-refractivity contribution is -0.138. The molecule has 1 atom stereocenters. The van der Waals surface area contributed by atoms with Crippen LogP contribution in [0.5, 0.6) is 5.75 Å². The van der Waals surface area contributed by atoms with Crippen LogP contribution in [0.3, 0.4) is 0 Å². The Hall–Kier alpha value is -2.70. The molecule has 2 aliphatic heterocycles. The van der Waals surface area contributed by atoms with Crippen LogP contribution in [0.2, 0.25) is 5.02 Å². The van der Waals surface area contributed by atoms with Gasteiger partial charge in [0.05, 0.1) is 5.52 Å². The second-order valence-electron chi connectivity index (χ2n) is 7.35. The topological polar surface area (TPSA) is 54.5 Å². The first-order valence-electron chi connectivity index (χ1n) is 9.63. The van der Waals surface area contributed by atoms with E-state index in [-0.39, 0.29) is 11.7 Å². The average molecular weight is 412 g/mol. The zero-order valence-corrected chi connectivity index (χ0v) is 16.4. The van der Waals surface area contributed by atoms with Gasteiger partial charge in [-0.05, 0) is 42.0 Å². The minimum Gasteiger partial charge on any atom is -0.479 e. The molecular formula is C22H19ClFN3O2. The molecule has 3 heterocycles. The van der Waals surface area contributed by atoms with E-state index in [1.165, 1.54) is 12.1 Å². The van der Waals surface area contributed by atoms with Gasteiger partial charge < -0.3 is 15.0 Å². The Kier molecular flexibility index (Phi) is 4.60. The van der Waals surface area contributed by atoms with Gasteiger partial charge in [0, 0.05) is 60.3 Å². The number of benzene rings is 2. The van der Waals surface area contributed by atoms with E-state index in [2.05, 4.69) is 10.3 Å². The second-order valence-corrected chi connectivity index (χ2v) is 7.78. The summed E-state index contributed by atoms with van der Waals surface area (Å²) in [5.74, 6) is 0.299. The van der Waals surface area contributed by atoms with Gasteiger partial charge in [-0.25, -0.2) is 4.39 Å². The van der Waals surface area contributed by atoms with E-state index in [0.29, 0.717) is 41.2 Å². The average Bonchev–Trinajstić information content (AvgIpc) is 3.16. The van der Waals surface area contributed by atoms with E-state index in [9.17, 15) is 9.18 Å². The highest BCUT2D eigenvalue weighted by molar-refractivity contribution is 6.31. The Morgan fingerprint density at radius 1 is 1.17 bits per heavy atom. The molecule has 0 saturated carbocycles. The van der Waals surface area contributed by atoms with Crippen molar-refractivity contribution in [2.75, 3.05) is 26.2 Å². The molecule has 1 saturated heterocycles. The zero-order valence-electron chi connectivity index (χ0n) is 15.6. The van der Waals surface area contributed by atoms with Gasteiger partial charge >= 0.3 is 0 Å². The molecule has 3 aromatic rings. The molecule has 5 rings (SSSR count). The summed E-state index contributed by atoms with van der Waals surface area (Å²) in [4.78, 5) is 19.1. The highest BCUT2D eigenvalue weighted by Crippen LogP contribution is 2.43. The van der Waals surface area contributed by atoms with E-state index >= 15 is 0 Å². The van der Waals surface area contributed by atoms with Crippen molar-refractivity contribution >= 4 is 28.4 Å². The summed E-state index contributed by atoms with van der Waals surface area (Å²) in [6.45, 7) is 2.93. The molecule has 29 heavy (non-hydrogen) atoms. The fourth-order valence-electron chi connectivity index (χ4n) is 4.10. The van der Waals surface area contributed by atoms with Crippen molar-refractivity contribution < 1.29 is 13.9 Å². The number of halogens is 2. The SMILES string of the molecule is O=C([C@@H]1Cc2cc(Cl)cc(-c3ccnc4ccc(F)cc34)c2O1)N1CCNCC1. The molecule has 2 aliphatic rings. The zero-order chi connectivity index (χ0) is 20.0. The third-order valence-electron chi connectivity index (χ3n) is 5.49. The van der Waals surface area contributed by atoms with Gasteiger partial charge in [-0.3, -0.25) is 9.78 Å². The molecule has 5 nitrogen and oxygen atoms in total. The van der Waals surface area contributed by atoms with Crippen LogP contribution < -0.4 is 10.1 Å². The molecule has 1 fully saturated rings. The molecule has 0 spiro atoms. The van der Waals surface area contributed by atoms with Crippen LogP contribution >= 0.6 is 11.6 Å². The molecule has 7 heteroatoms. The number of piperazine rings is 1. The summed E-state index contributed by atoms with van der Waals surface area (Å²) in [6.07, 6.45) is 1.59. The highest BCUT2D eigenvalue weighted by Gasteiger charge is 2.35. The van der Waals surface area contributed by atoms with Crippen LogP contribution in [0.4, 0.5) is 4.39 Å².